The van der Waals surface area contributed by atoms with E-state index in [1.54, 1.807) is 24.3 Å². The van der Waals surface area contributed by atoms with Gasteiger partial charge in [-0.3, -0.25) is 9.59 Å². The first-order valence-corrected chi connectivity index (χ1v) is 6.89. The van der Waals surface area contributed by atoms with E-state index in [2.05, 4.69) is 10.6 Å². The Morgan fingerprint density at radius 1 is 1.25 bits per heavy atom. The van der Waals surface area contributed by atoms with Gasteiger partial charge in [0.05, 0.1) is 12.6 Å². The van der Waals surface area contributed by atoms with E-state index in [9.17, 15) is 9.59 Å². The highest BCUT2D eigenvalue weighted by Crippen LogP contribution is 2.28. The summed E-state index contributed by atoms with van der Waals surface area (Å²) in [6, 6.07) is 7.16. The molecule has 1 aromatic rings. The Morgan fingerprint density at radius 3 is 2.45 bits per heavy atom. The van der Waals surface area contributed by atoms with Crippen molar-refractivity contribution in [2.75, 3.05) is 11.9 Å². The van der Waals surface area contributed by atoms with E-state index in [1.165, 1.54) is 0 Å². The lowest BCUT2D eigenvalue weighted by molar-refractivity contribution is -0.125. The molecule has 5 nitrogen and oxygen atoms in total. The minimum atomic E-state index is -0.225. The molecule has 5 heteroatoms. The summed E-state index contributed by atoms with van der Waals surface area (Å²) in [6.45, 7) is 3.93. The molecule has 0 aromatic heterocycles. The van der Waals surface area contributed by atoms with Gasteiger partial charge in [-0.05, 0) is 51.0 Å². The van der Waals surface area contributed by atoms with Crippen molar-refractivity contribution in [3.05, 3.63) is 24.3 Å². The van der Waals surface area contributed by atoms with Crippen molar-refractivity contribution in [1.29, 1.82) is 0 Å². The van der Waals surface area contributed by atoms with Gasteiger partial charge in [-0.15, -0.1) is 0 Å². The summed E-state index contributed by atoms with van der Waals surface area (Å²) in [7, 11) is 0. The van der Waals surface area contributed by atoms with Gasteiger partial charge in [0.15, 0.2) is 0 Å². The molecule has 2 rings (SSSR count). The van der Waals surface area contributed by atoms with E-state index in [0.717, 1.165) is 18.6 Å². The average molecular weight is 276 g/mol. The molecule has 20 heavy (non-hydrogen) atoms. The van der Waals surface area contributed by atoms with Gasteiger partial charge in [0.1, 0.15) is 5.75 Å². The Kier molecular flexibility index (Phi) is 4.61. The van der Waals surface area contributed by atoms with Gasteiger partial charge in [-0.1, -0.05) is 0 Å². The number of amides is 2. The molecule has 0 spiro atoms. The van der Waals surface area contributed by atoms with Gasteiger partial charge in [0.2, 0.25) is 11.8 Å². The molecule has 0 bridgehead atoms. The predicted molar refractivity (Wildman–Crippen MR) is 76.6 cm³/mol. The summed E-state index contributed by atoms with van der Waals surface area (Å²) in [5.74, 6) is 0.632. The molecular weight excluding hydrogens is 256 g/mol. The van der Waals surface area contributed by atoms with Crippen molar-refractivity contribution in [2.24, 2.45) is 5.92 Å². The average Bonchev–Trinajstić information content (AvgIpc) is 3.22. The monoisotopic (exact) mass is 276 g/mol. The Morgan fingerprint density at radius 2 is 1.90 bits per heavy atom. The topological polar surface area (TPSA) is 67.4 Å². The lowest BCUT2D eigenvalue weighted by atomic mass is 10.3. The number of hydrogen-bond acceptors (Lipinski definition) is 3. The Labute approximate surface area is 118 Å². The molecular formula is C15H20N2O3. The third-order valence-corrected chi connectivity index (χ3v) is 2.88. The Bertz CT molecular complexity index is 478. The highest BCUT2D eigenvalue weighted by Gasteiger charge is 2.29. The first-order valence-electron chi connectivity index (χ1n) is 6.89. The molecule has 1 fully saturated rings. The summed E-state index contributed by atoms with van der Waals surface area (Å²) < 4.78 is 5.52. The van der Waals surface area contributed by atoms with Crippen molar-refractivity contribution >= 4 is 17.5 Å². The lowest BCUT2D eigenvalue weighted by Gasteiger charge is -2.11. The zero-order chi connectivity index (χ0) is 14.5. The Hall–Kier alpha value is -2.04. The van der Waals surface area contributed by atoms with Gasteiger partial charge >= 0.3 is 0 Å². The molecule has 0 aliphatic heterocycles. The van der Waals surface area contributed by atoms with E-state index in [4.69, 9.17) is 4.74 Å². The van der Waals surface area contributed by atoms with Gasteiger partial charge < -0.3 is 15.4 Å². The molecule has 0 unspecified atom stereocenters. The minimum Gasteiger partial charge on any atom is -0.491 e. The van der Waals surface area contributed by atoms with Crippen LogP contribution in [0.4, 0.5) is 5.69 Å². The third kappa shape index (κ3) is 4.57. The van der Waals surface area contributed by atoms with E-state index >= 15 is 0 Å². The minimum absolute atomic E-state index is 0.0135. The molecule has 2 N–H and O–H groups in total. The van der Waals surface area contributed by atoms with E-state index in [1.807, 2.05) is 13.8 Å². The molecule has 1 aliphatic carbocycles. The van der Waals surface area contributed by atoms with Crippen molar-refractivity contribution in [3.8, 4) is 5.75 Å². The Balaban J connectivity index is 1.76. The number of anilines is 1. The number of rotatable bonds is 6. The molecule has 1 aromatic carbocycles. The molecule has 0 radical (unpaired) electrons. The molecule has 0 heterocycles. The van der Waals surface area contributed by atoms with Gasteiger partial charge in [-0.25, -0.2) is 0 Å². The van der Waals surface area contributed by atoms with Crippen LogP contribution in [-0.4, -0.2) is 24.5 Å². The number of benzene rings is 1. The second kappa shape index (κ2) is 6.41. The molecule has 0 saturated heterocycles. The van der Waals surface area contributed by atoms with Crippen molar-refractivity contribution in [2.45, 2.75) is 32.8 Å². The first-order chi connectivity index (χ1) is 9.54. The van der Waals surface area contributed by atoms with Crippen molar-refractivity contribution < 1.29 is 14.3 Å². The first kappa shape index (κ1) is 14.4. The second-order valence-electron chi connectivity index (χ2n) is 5.23. The summed E-state index contributed by atoms with van der Waals surface area (Å²) in [6.07, 6.45) is 1.99. The normalized spacial score (nSPS) is 13.9. The SMILES string of the molecule is CC(C)Oc1ccc(NC(=O)CNC(=O)C2CC2)cc1. The molecule has 0 atom stereocenters. The lowest BCUT2D eigenvalue weighted by Crippen LogP contribution is -2.33. The predicted octanol–water partition coefficient (Wildman–Crippen LogP) is 1.94. The van der Waals surface area contributed by atoms with Gasteiger partial charge in [0.25, 0.3) is 0 Å². The smallest absolute Gasteiger partial charge is 0.243 e. The maximum absolute atomic E-state index is 11.7. The molecule has 1 aliphatic rings. The van der Waals surface area contributed by atoms with Crippen molar-refractivity contribution in [3.63, 3.8) is 0 Å². The summed E-state index contributed by atoms with van der Waals surface area (Å²) >= 11 is 0. The van der Waals surface area contributed by atoms with Crippen LogP contribution in [-0.2, 0) is 9.59 Å². The van der Waals surface area contributed by atoms with Crippen LogP contribution >= 0.6 is 0 Å². The zero-order valence-electron chi connectivity index (χ0n) is 11.8. The summed E-state index contributed by atoms with van der Waals surface area (Å²) in [5.41, 5.74) is 0.687. The maximum Gasteiger partial charge on any atom is 0.243 e. The van der Waals surface area contributed by atoms with E-state index in [-0.39, 0.29) is 30.4 Å². The maximum atomic E-state index is 11.7. The number of carbonyl (C=O) groups excluding carboxylic acids is 2. The highest BCUT2D eigenvalue weighted by atomic mass is 16.5. The largest absolute Gasteiger partial charge is 0.491 e. The van der Waals surface area contributed by atoms with Crippen LogP contribution in [0.15, 0.2) is 24.3 Å². The highest BCUT2D eigenvalue weighted by molar-refractivity contribution is 5.95. The number of hydrogen-bond donors (Lipinski definition) is 2. The fraction of sp³-hybridized carbons (Fsp3) is 0.467. The third-order valence-electron chi connectivity index (χ3n) is 2.88. The molecule has 1 saturated carbocycles. The van der Waals surface area contributed by atoms with Gasteiger partial charge in [-0.2, -0.15) is 0 Å². The van der Waals surface area contributed by atoms with Crippen LogP contribution in [0.3, 0.4) is 0 Å². The summed E-state index contributed by atoms with van der Waals surface area (Å²) in [4.78, 5) is 23.1. The number of nitrogens with one attached hydrogen (secondary N) is 2. The number of ether oxygens (including phenoxy) is 1. The zero-order valence-corrected chi connectivity index (χ0v) is 11.8. The van der Waals surface area contributed by atoms with Crippen LogP contribution in [0.25, 0.3) is 0 Å². The fourth-order valence-corrected chi connectivity index (χ4v) is 1.75. The van der Waals surface area contributed by atoms with Crippen LogP contribution in [0, 0.1) is 5.92 Å². The molecule has 2 amide bonds. The van der Waals surface area contributed by atoms with E-state index in [0.29, 0.717) is 5.69 Å². The van der Waals surface area contributed by atoms with Crippen LogP contribution < -0.4 is 15.4 Å². The quantitative estimate of drug-likeness (QED) is 0.834. The second-order valence-corrected chi connectivity index (χ2v) is 5.23. The van der Waals surface area contributed by atoms with Crippen molar-refractivity contribution in [1.82, 2.24) is 5.32 Å². The van der Waals surface area contributed by atoms with Crippen LogP contribution in [0.2, 0.25) is 0 Å². The summed E-state index contributed by atoms with van der Waals surface area (Å²) in [5, 5.41) is 5.35. The van der Waals surface area contributed by atoms with Crippen LogP contribution in [0.5, 0.6) is 5.75 Å². The standard InChI is InChI=1S/C15H20N2O3/c1-10(2)20-13-7-5-12(6-8-13)17-14(18)9-16-15(19)11-3-4-11/h5-8,10-11H,3-4,9H2,1-2H3,(H,16,19)(H,17,18). The fourth-order valence-electron chi connectivity index (χ4n) is 1.75. The number of carbonyl (C=O) groups is 2. The van der Waals surface area contributed by atoms with E-state index < -0.39 is 0 Å². The van der Waals surface area contributed by atoms with Gasteiger partial charge in [0, 0.05) is 11.6 Å². The molecule has 108 valence electrons. The van der Waals surface area contributed by atoms with Crippen LogP contribution in [0.1, 0.15) is 26.7 Å².